The maximum atomic E-state index is 11.4. The van der Waals surface area contributed by atoms with Crippen LogP contribution >= 0.6 is 0 Å². The van der Waals surface area contributed by atoms with E-state index in [0.717, 1.165) is 5.52 Å². The molecule has 16 heavy (non-hydrogen) atoms. The van der Waals surface area contributed by atoms with Gasteiger partial charge in [-0.15, -0.1) is 0 Å². The Morgan fingerprint density at radius 1 is 1.44 bits per heavy atom. The van der Waals surface area contributed by atoms with Crippen LogP contribution < -0.4 is 10.6 Å². The molecule has 0 spiro atoms. The number of anilines is 1. The lowest BCUT2D eigenvalue weighted by Gasteiger charge is -2.09. The van der Waals surface area contributed by atoms with Gasteiger partial charge in [0.15, 0.2) is 12.0 Å². The predicted molar refractivity (Wildman–Crippen MR) is 61.3 cm³/mol. The summed E-state index contributed by atoms with van der Waals surface area (Å²) in [6.45, 7) is 3.81. The largest absolute Gasteiger partial charge is 0.443 e. The fourth-order valence-electron chi connectivity index (χ4n) is 1.36. The third kappa shape index (κ3) is 2.31. The molecule has 0 radical (unpaired) electrons. The average molecular weight is 219 g/mol. The monoisotopic (exact) mass is 219 g/mol. The van der Waals surface area contributed by atoms with Gasteiger partial charge in [0.1, 0.15) is 5.52 Å². The number of benzene rings is 1. The highest BCUT2D eigenvalue weighted by atomic mass is 16.3. The lowest BCUT2D eigenvalue weighted by molar-refractivity contribution is 0.250. The molecule has 0 atom stereocenters. The lowest BCUT2D eigenvalue weighted by atomic mass is 10.3. The molecule has 0 saturated carbocycles. The Bertz CT molecular complexity index is 505. The van der Waals surface area contributed by atoms with Crippen LogP contribution in [0.1, 0.15) is 13.8 Å². The molecule has 0 aliphatic heterocycles. The Balaban J connectivity index is 2.11. The second-order valence-corrected chi connectivity index (χ2v) is 3.79. The van der Waals surface area contributed by atoms with E-state index in [2.05, 4.69) is 15.6 Å². The van der Waals surface area contributed by atoms with Gasteiger partial charge in [-0.1, -0.05) is 0 Å². The van der Waals surface area contributed by atoms with Crippen LogP contribution in [-0.4, -0.2) is 17.1 Å². The molecule has 0 saturated heterocycles. The molecule has 1 aromatic heterocycles. The first-order chi connectivity index (χ1) is 7.65. The van der Waals surface area contributed by atoms with Crippen LogP contribution in [0.4, 0.5) is 10.5 Å². The van der Waals surface area contributed by atoms with E-state index in [4.69, 9.17) is 4.42 Å². The summed E-state index contributed by atoms with van der Waals surface area (Å²) in [5.74, 6) is 0. The lowest BCUT2D eigenvalue weighted by Crippen LogP contribution is -2.34. The summed E-state index contributed by atoms with van der Waals surface area (Å²) in [7, 11) is 0. The van der Waals surface area contributed by atoms with Gasteiger partial charge in [-0.25, -0.2) is 9.78 Å². The standard InChI is InChI=1S/C11H13N3O2/c1-7(2)13-11(15)14-8-3-4-10-9(5-8)12-6-16-10/h3-7H,1-2H3,(H2,13,14,15). The predicted octanol–water partition coefficient (Wildman–Crippen LogP) is 2.36. The molecule has 2 N–H and O–H groups in total. The molecule has 0 unspecified atom stereocenters. The fourth-order valence-corrected chi connectivity index (χ4v) is 1.36. The second kappa shape index (κ2) is 4.22. The van der Waals surface area contributed by atoms with Crippen molar-refractivity contribution >= 4 is 22.8 Å². The number of urea groups is 1. The molecule has 0 aliphatic rings. The maximum Gasteiger partial charge on any atom is 0.319 e. The minimum atomic E-state index is -0.224. The van der Waals surface area contributed by atoms with Crippen LogP contribution in [-0.2, 0) is 0 Å². The Morgan fingerprint density at radius 2 is 2.25 bits per heavy atom. The zero-order valence-corrected chi connectivity index (χ0v) is 9.15. The number of aromatic nitrogens is 1. The summed E-state index contributed by atoms with van der Waals surface area (Å²) in [5, 5.41) is 5.46. The summed E-state index contributed by atoms with van der Waals surface area (Å²) in [5.41, 5.74) is 2.12. The number of nitrogens with one attached hydrogen (secondary N) is 2. The number of carbonyl (C=O) groups is 1. The van der Waals surface area contributed by atoms with Gasteiger partial charge < -0.3 is 15.1 Å². The van der Waals surface area contributed by atoms with Crippen molar-refractivity contribution in [3.63, 3.8) is 0 Å². The minimum Gasteiger partial charge on any atom is -0.443 e. The molecule has 2 amide bonds. The van der Waals surface area contributed by atoms with Crippen LogP contribution in [0.25, 0.3) is 11.1 Å². The van der Waals surface area contributed by atoms with Gasteiger partial charge in [0, 0.05) is 11.7 Å². The summed E-state index contributed by atoms with van der Waals surface area (Å²) in [6, 6.07) is 5.19. The van der Waals surface area contributed by atoms with E-state index < -0.39 is 0 Å². The Labute approximate surface area is 92.8 Å². The molecule has 5 heteroatoms. The molecular formula is C11H13N3O2. The third-order valence-electron chi connectivity index (χ3n) is 2.01. The van der Waals surface area contributed by atoms with Crippen molar-refractivity contribution in [3.8, 4) is 0 Å². The highest BCUT2D eigenvalue weighted by molar-refractivity contribution is 5.91. The average Bonchev–Trinajstić information content (AvgIpc) is 2.63. The van der Waals surface area contributed by atoms with E-state index >= 15 is 0 Å². The van der Waals surface area contributed by atoms with Crippen LogP contribution in [0.3, 0.4) is 0 Å². The van der Waals surface area contributed by atoms with Gasteiger partial charge in [-0.05, 0) is 32.0 Å². The molecule has 0 bridgehead atoms. The quantitative estimate of drug-likeness (QED) is 0.814. The number of hydrogen-bond donors (Lipinski definition) is 2. The van der Waals surface area contributed by atoms with Gasteiger partial charge in [0.25, 0.3) is 0 Å². The number of oxazole rings is 1. The molecule has 5 nitrogen and oxygen atoms in total. The summed E-state index contributed by atoms with van der Waals surface area (Å²) < 4.78 is 5.10. The van der Waals surface area contributed by atoms with Crippen molar-refractivity contribution in [2.45, 2.75) is 19.9 Å². The van der Waals surface area contributed by atoms with Gasteiger partial charge >= 0.3 is 6.03 Å². The molecule has 1 aromatic carbocycles. The van der Waals surface area contributed by atoms with E-state index in [1.807, 2.05) is 13.8 Å². The molecule has 1 heterocycles. The van der Waals surface area contributed by atoms with E-state index in [0.29, 0.717) is 11.3 Å². The number of fused-ring (bicyclic) bond motifs is 1. The van der Waals surface area contributed by atoms with Crippen LogP contribution in [0.15, 0.2) is 29.0 Å². The highest BCUT2D eigenvalue weighted by Crippen LogP contribution is 2.17. The number of rotatable bonds is 2. The summed E-state index contributed by atoms with van der Waals surface area (Å²) in [6.07, 6.45) is 1.38. The van der Waals surface area contributed by atoms with Crippen molar-refractivity contribution < 1.29 is 9.21 Å². The van der Waals surface area contributed by atoms with Crippen LogP contribution in [0, 0.1) is 0 Å². The molecule has 2 rings (SSSR count). The van der Waals surface area contributed by atoms with Crippen LogP contribution in [0.2, 0.25) is 0 Å². The molecule has 0 fully saturated rings. The number of hydrogen-bond acceptors (Lipinski definition) is 3. The second-order valence-electron chi connectivity index (χ2n) is 3.79. The van der Waals surface area contributed by atoms with Crippen molar-refractivity contribution in [2.75, 3.05) is 5.32 Å². The first kappa shape index (κ1) is 10.5. The van der Waals surface area contributed by atoms with Crippen molar-refractivity contribution in [3.05, 3.63) is 24.6 Å². The molecule has 2 aromatic rings. The number of carbonyl (C=O) groups excluding carboxylic acids is 1. The van der Waals surface area contributed by atoms with E-state index in [1.54, 1.807) is 18.2 Å². The van der Waals surface area contributed by atoms with E-state index in [1.165, 1.54) is 6.39 Å². The number of amides is 2. The summed E-state index contributed by atoms with van der Waals surface area (Å²) in [4.78, 5) is 15.4. The summed E-state index contributed by atoms with van der Waals surface area (Å²) >= 11 is 0. The highest BCUT2D eigenvalue weighted by Gasteiger charge is 2.05. The Kier molecular flexibility index (Phi) is 2.76. The van der Waals surface area contributed by atoms with Gasteiger partial charge in [-0.2, -0.15) is 0 Å². The van der Waals surface area contributed by atoms with Crippen LogP contribution in [0.5, 0.6) is 0 Å². The first-order valence-corrected chi connectivity index (χ1v) is 5.06. The van der Waals surface area contributed by atoms with Gasteiger partial charge in [0.05, 0.1) is 0 Å². The Morgan fingerprint density at radius 3 is 3.00 bits per heavy atom. The smallest absolute Gasteiger partial charge is 0.319 e. The minimum absolute atomic E-state index is 0.107. The van der Waals surface area contributed by atoms with Crippen molar-refractivity contribution in [1.82, 2.24) is 10.3 Å². The van der Waals surface area contributed by atoms with Gasteiger partial charge in [0.2, 0.25) is 0 Å². The van der Waals surface area contributed by atoms with E-state index in [9.17, 15) is 4.79 Å². The topological polar surface area (TPSA) is 67.2 Å². The SMILES string of the molecule is CC(C)NC(=O)Nc1ccc2ocnc2c1. The first-order valence-electron chi connectivity index (χ1n) is 5.06. The van der Waals surface area contributed by atoms with Gasteiger partial charge in [-0.3, -0.25) is 0 Å². The Hall–Kier alpha value is -2.04. The molecule has 84 valence electrons. The molecular weight excluding hydrogens is 206 g/mol. The zero-order chi connectivity index (χ0) is 11.5. The number of nitrogens with zero attached hydrogens (tertiary/aromatic N) is 1. The normalized spacial score (nSPS) is 10.7. The fraction of sp³-hybridized carbons (Fsp3) is 0.273. The third-order valence-corrected chi connectivity index (χ3v) is 2.01. The molecule has 0 aliphatic carbocycles. The van der Waals surface area contributed by atoms with E-state index in [-0.39, 0.29) is 12.1 Å². The van der Waals surface area contributed by atoms with Crippen molar-refractivity contribution in [2.24, 2.45) is 0 Å². The maximum absolute atomic E-state index is 11.4. The van der Waals surface area contributed by atoms with Crippen molar-refractivity contribution in [1.29, 1.82) is 0 Å². The zero-order valence-electron chi connectivity index (χ0n) is 9.15.